The van der Waals surface area contributed by atoms with Crippen molar-refractivity contribution < 1.29 is 0 Å². The van der Waals surface area contributed by atoms with Crippen molar-refractivity contribution in [2.75, 3.05) is 18.0 Å². The van der Waals surface area contributed by atoms with Crippen LogP contribution in [0, 0.1) is 31.1 Å². The lowest BCUT2D eigenvalue weighted by Gasteiger charge is -2.32. The molecule has 0 saturated carbocycles. The molecule has 4 rings (SSSR count). The number of thiazole rings is 1. The van der Waals surface area contributed by atoms with Crippen LogP contribution in [0.1, 0.15) is 29.1 Å². The van der Waals surface area contributed by atoms with E-state index >= 15 is 0 Å². The van der Waals surface area contributed by atoms with Crippen molar-refractivity contribution in [3.63, 3.8) is 0 Å². The molecule has 0 N–H and O–H groups in total. The molecule has 4 heterocycles. The molecule has 0 atom stereocenters. The predicted octanol–water partition coefficient (Wildman–Crippen LogP) is 3.17. The molecule has 0 aromatic carbocycles. The molecule has 0 unspecified atom stereocenters. The molecule has 1 fully saturated rings. The molecular weight excluding hydrogens is 384 g/mol. The van der Waals surface area contributed by atoms with Crippen LogP contribution in [0.15, 0.2) is 35.3 Å². The smallest absolute Gasteiger partial charge is 0.266 e. The van der Waals surface area contributed by atoms with Gasteiger partial charge in [0.2, 0.25) is 0 Å². The molecule has 0 amide bonds. The molecule has 29 heavy (non-hydrogen) atoms. The summed E-state index contributed by atoms with van der Waals surface area (Å²) in [6.07, 6.45) is 3.55. The Kier molecular flexibility index (Phi) is 5.41. The van der Waals surface area contributed by atoms with Crippen LogP contribution in [0.4, 0.5) is 5.82 Å². The molecule has 0 radical (unpaired) electrons. The highest BCUT2D eigenvalue weighted by atomic mass is 32.1. The average molecular weight is 407 g/mol. The van der Waals surface area contributed by atoms with Gasteiger partial charge in [-0.1, -0.05) is 0 Å². The third-order valence-corrected chi connectivity index (χ3v) is 6.34. The van der Waals surface area contributed by atoms with Crippen LogP contribution in [0.2, 0.25) is 0 Å². The first-order chi connectivity index (χ1) is 14.0. The number of hydrogen-bond acceptors (Lipinski definition) is 7. The van der Waals surface area contributed by atoms with Gasteiger partial charge in [0.15, 0.2) is 0 Å². The van der Waals surface area contributed by atoms with Crippen molar-refractivity contribution >= 4 is 17.2 Å². The Hall–Kier alpha value is -3.05. The van der Waals surface area contributed by atoms with Crippen LogP contribution in [0.5, 0.6) is 0 Å². The quantitative estimate of drug-likeness (QED) is 0.661. The fraction of sp³-hybridized carbons (Fsp3) is 0.381. The molecule has 7 nitrogen and oxygen atoms in total. The fourth-order valence-electron chi connectivity index (χ4n) is 3.70. The van der Waals surface area contributed by atoms with E-state index in [9.17, 15) is 4.79 Å². The van der Waals surface area contributed by atoms with Gasteiger partial charge < -0.3 is 4.90 Å². The van der Waals surface area contributed by atoms with Crippen molar-refractivity contribution in [2.45, 2.75) is 33.2 Å². The molecule has 3 aromatic rings. The second-order valence-corrected chi connectivity index (χ2v) is 8.54. The number of rotatable bonds is 4. The van der Waals surface area contributed by atoms with Gasteiger partial charge in [0.05, 0.1) is 21.1 Å². The Morgan fingerprint density at radius 2 is 2.00 bits per heavy atom. The van der Waals surface area contributed by atoms with Crippen molar-refractivity contribution in [3.05, 3.63) is 57.1 Å². The van der Waals surface area contributed by atoms with Gasteiger partial charge in [0, 0.05) is 31.9 Å². The van der Waals surface area contributed by atoms with Crippen LogP contribution in [-0.2, 0) is 6.54 Å². The van der Waals surface area contributed by atoms with Crippen molar-refractivity contribution in [3.8, 4) is 16.6 Å². The molecular formula is C21H22N6OS. The van der Waals surface area contributed by atoms with Gasteiger partial charge in [-0.05, 0) is 50.8 Å². The summed E-state index contributed by atoms with van der Waals surface area (Å²) in [5, 5.41) is 14.5. The van der Waals surface area contributed by atoms with E-state index in [4.69, 9.17) is 5.26 Å². The molecule has 0 spiro atoms. The molecule has 1 saturated heterocycles. The van der Waals surface area contributed by atoms with Gasteiger partial charge in [-0.25, -0.2) is 14.6 Å². The number of aryl methyl sites for hydroxylation is 2. The van der Waals surface area contributed by atoms with Crippen LogP contribution in [0.3, 0.4) is 0 Å². The van der Waals surface area contributed by atoms with Gasteiger partial charge in [-0.3, -0.25) is 4.79 Å². The zero-order valence-electron chi connectivity index (χ0n) is 16.5. The van der Waals surface area contributed by atoms with E-state index in [1.165, 1.54) is 0 Å². The molecule has 0 aliphatic carbocycles. The Labute approximate surface area is 173 Å². The highest BCUT2D eigenvalue weighted by molar-refractivity contribution is 7.15. The van der Waals surface area contributed by atoms with E-state index in [0.29, 0.717) is 18.0 Å². The number of pyridine rings is 1. The van der Waals surface area contributed by atoms with Crippen LogP contribution < -0.4 is 10.5 Å². The molecule has 1 aliphatic heterocycles. The normalized spacial score (nSPS) is 14.7. The average Bonchev–Trinajstić information content (AvgIpc) is 3.08. The Morgan fingerprint density at radius 3 is 2.62 bits per heavy atom. The molecule has 8 heteroatoms. The molecule has 148 valence electrons. The minimum Gasteiger partial charge on any atom is -0.357 e. The third kappa shape index (κ3) is 4.20. The Balaban J connectivity index is 1.44. The lowest BCUT2D eigenvalue weighted by atomic mass is 9.97. The summed E-state index contributed by atoms with van der Waals surface area (Å²) in [5.41, 5.74) is 2.27. The Morgan fingerprint density at radius 1 is 1.21 bits per heavy atom. The third-order valence-electron chi connectivity index (χ3n) is 5.25. The fourth-order valence-corrected chi connectivity index (χ4v) is 4.58. The standard InChI is InChI=1S/C21H22N6OS/c1-14-21(29-15(2)24-14)18-4-6-20(28)27(25-18)13-16-7-9-26(10-8-16)19-5-3-17(11-22)12-23-19/h3-6,12,16H,7-10,13H2,1-2H3. The highest BCUT2D eigenvalue weighted by Gasteiger charge is 2.21. The molecule has 3 aromatic heterocycles. The summed E-state index contributed by atoms with van der Waals surface area (Å²) in [4.78, 5) is 24.5. The summed E-state index contributed by atoms with van der Waals surface area (Å²) in [5.74, 6) is 1.30. The maximum Gasteiger partial charge on any atom is 0.266 e. The maximum absolute atomic E-state index is 12.4. The molecule has 0 bridgehead atoms. The van der Waals surface area contributed by atoms with E-state index in [2.05, 4.69) is 26.0 Å². The topological polar surface area (TPSA) is 87.7 Å². The summed E-state index contributed by atoms with van der Waals surface area (Å²) in [6, 6.07) is 9.18. The van der Waals surface area contributed by atoms with Crippen molar-refractivity contribution in [1.29, 1.82) is 5.26 Å². The van der Waals surface area contributed by atoms with E-state index in [-0.39, 0.29) is 5.56 Å². The van der Waals surface area contributed by atoms with Crippen molar-refractivity contribution in [2.24, 2.45) is 5.92 Å². The lowest BCUT2D eigenvalue weighted by Crippen LogP contribution is -2.37. The number of nitriles is 1. The number of piperidine rings is 1. The van der Waals surface area contributed by atoms with Crippen LogP contribution in [0.25, 0.3) is 10.6 Å². The van der Waals surface area contributed by atoms with Gasteiger partial charge in [-0.2, -0.15) is 10.4 Å². The number of anilines is 1. The number of hydrogen-bond donors (Lipinski definition) is 0. The maximum atomic E-state index is 12.4. The van der Waals surface area contributed by atoms with E-state index < -0.39 is 0 Å². The van der Waals surface area contributed by atoms with Gasteiger partial charge in [0.25, 0.3) is 5.56 Å². The van der Waals surface area contributed by atoms with Gasteiger partial charge >= 0.3 is 0 Å². The highest BCUT2D eigenvalue weighted by Crippen LogP contribution is 2.28. The zero-order chi connectivity index (χ0) is 20.4. The SMILES string of the molecule is Cc1nc(C)c(-c2ccc(=O)n(CC3CCN(c4ccc(C#N)cn4)CC3)n2)s1. The minimum atomic E-state index is -0.0659. The number of nitrogens with zero attached hydrogens (tertiary/aromatic N) is 6. The molecule has 1 aliphatic rings. The zero-order valence-corrected chi connectivity index (χ0v) is 17.3. The first-order valence-corrected chi connectivity index (χ1v) is 10.5. The lowest BCUT2D eigenvalue weighted by molar-refractivity contribution is 0.335. The second kappa shape index (κ2) is 8.13. The summed E-state index contributed by atoms with van der Waals surface area (Å²) in [7, 11) is 0. The van der Waals surface area contributed by atoms with E-state index in [1.54, 1.807) is 40.4 Å². The van der Waals surface area contributed by atoms with Crippen LogP contribution >= 0.6 is 11.3 Å². The number of aromatic nitrogens is 4. The van der Waals surface area contributed by atoms with Gasteiger partial charge in [0.1, 0.15) is 17.6 Å². The van der Waals surface area contributed by atoms with Crippen molar-refractivity contribution in [1.82, 2.24) is 19.7 Å². The van der Waals surface area contributed by atoms with E-state index in [1.807, 2.05) is 19.9 Å². The first kappa shape index (κ1) is 19.3. The summed E-state index contributed by atoms with van der Waals surface area (Å²) in [6.45, 7) is 6.34. The van der Waals surface area contributed by atoms with Crippen LogP contribution in [-0.4, -0.2) is 32.8 Å². The van der Waals surface area contributed by atoms with E-state index in [0.717, 1.165) is 53.0 Å². The monoisotopic (exact) mass is 406 g/mol. The largest absolute Gasteiger partial charge is 0.357 e. The summed E-state index contributed by atoms with van der Waals surface area (Å²) < 4.78 is 1.60. The van der Waals surface area contributed by atoms with Gasteiger partial charge in [-0.15, -0.1) is 11.3 Å². The second-order valence-electron chi connectivity index (χ2n) is 7.33. The first-order valence-electron chi connectivity index (χ1n) is 9.67. The predicted molar refractivity (Wildman–Crippen MR) is 113 cm³/mol. The minimum absolute atomic E-state index is 0.0659. The summed E-state index contributed by atoms with van der Waals surface area (Å²) >= 11 is 1.61. The Bertz CT molecular complexity index is 1100.